The highest BCUT2D eigenvalue weighted by molar-refractivity contribution is 5.42. The molecule has 1 N–H and O–H groups in total. The molecule has 18 heavy (non-hydrogen) atoms. The minimum atomic E-state index is -0.927. The number of aromatic nitrogens is 4. The molecular formula is C9H9FN6O2. The Balaban J connectivity index is 2.42. The zero-order chi connectivity index (χ0) is 13.1. The molecule has 0 amide bonds. The standard InChI is InChI=1S/C9H9FN6O2/c1-11-5-9-12-13-14-15(9)6-2-3-8(16(17)18)7(10)4-6/h2-4,11H,5H2,1H3. The van der Waals surface area contributed by atoms with Gasteiger partial charge in [-0.1, -0.05) is 0 Å². The van der Waals surface area contributed by atoms with Gasteiger partial charge in [-0.25, -0.2) is 0 Å². The molecule has 0 aliphatic rings. The topological polar surface area (TPSA) is 98.8 Å². The van der Waals surface area contributed by atoms with Gasteiger partial charge in [0.25, 0.3) is 0 Å². The van der Waals surface area contributed by atoms with Gasteiger partial charge in [-0.2, -0.15) is 9.07 Å². The first-order chi connectivity index (χ1) is 8.63. The van der Waals surface area contributed by atoms with E-state index in [0.717, 1.165) is 12.1 Å². The summed E-state index contributed by atoms with van der Waals surface area (Å²) in [5.74, 6) is -0.450. The van der Waals surface area contributed by atoms with Gasteiger partial charge in [0.15, 0.2) is 5.82 Å². The highest BCUT2D eigenvalue weighted by Crippen LogP contribution is 2.20. The van der Waals surface area contributed by atoms with Gasteiger partial charge in [-0.05, 0) is 23.5 Å². The number of nitro benzene ring substituents is 1. The highest BCUT2D eigenvalue weighted by Gasteiger charge is 2.16. The summed E-state index contributed by atoms with van der Waals surface area (Å²) in [4.78, 5) is 9.71. The SMILES string of the molecule is CNCc1nnnn1-c1ccc([N+](=O)[O-])c(F)c1. The zero-order valence-electron chi connectivity index (χ0n) is 9.37. The van der Waals surface area contributed by atoms with Crippen molar-refractivity contribution >= 4 is 5.69 Å². The molecule has 94 valence electrons. The molecule has 1 heterocycles. The molecule has 0 bridgehead atoms. The Morgan fingerprint density at radius 3 is 2.94 bits per heavy atom. The molecule has 2 rings (SSSR count). The Morgan fingerprint density at radius 1 is 1.56 bits per heavy atom. The lowest BCUT2D eigenvalue weighted by molar-refractivity contribution is -0.387. The summed E-state index contributed by atoms with van der Waals surface area (Å²) < 4.78 is 14.8. The maximum Gasteiger partial charge on any atom is 0.304 e. The normalized spacial score (nSPS) is 10.6. The van der Waals surface area contributed by atoms with E-state index in [9.17, 15) is 14.5 Å². The number of tetrazole rings is 1. The van der Waals surface area contributed by atoms with Crippen molar-refractivity contribution in [2.75, 3.05) is 7.05 Å². The van der Waals surface area contributed by atoms with Crippen LogP contribution in [0.3, 0.4) is 0 Å². The first-order valence-electron chi connectivity index (χ1n) is 4.99. The molecule has 0 fully saturated rings. The van der Waals surface area contributed by atoms with Crippen molar-refractivity contribution in [3.8, 4) is 5.69 Å². The van der Waals surface area contributed by atoms with E-state index in [2.05, 4.69) is 20.8 Å². The summed E-state index contributed by atoms with van der Waals surface area (Å²) in [7, 11) is 1.72. The molecule has 0 unspecified atom stereocenters. The minimum absolute atomic E-state index is 0.327. The molecule has 8 nitrogen and oxygen atoms in total. The van der Waals surface area contributed by atoms with E-state index < -0.39 is 16.4 Å². The maximum absolute atomic E-state index is 13.5. The Hall–Kier alpha value is -2.42. The fourth-order valence-corrected chi connectivity index (χ4v) is 1.45. The van der Waals surface area contributed by atoms with Gasteiger partial charge < -0.3 is 5.32 Å². The van der Waals surface area contributed by atoms with E-state index in [-0.39, 0.29) is 0 Å². The largest absolute Gasteiger partial charge is 0.313 e. The number of halogens is 1. The molecule has 2 aromatic rings. The lowest BCUT2D eigenvalue weighted by Gasteiger charge is -2.04. The number of nitrogens with one attached hydrogen (secondary N) is 1. The van der Waals surface area contributed by atoms with Crippen molar-refractivity contribution in [1.29, 1.82) is 0 Å². The van der Waals surface area contributed by atoms with Crippen LogP contribution in [0.2, 0.25) is 0 Å². The number of rotatable bonds is 4. The first-order valence-corrected chi connectivity index (χ1v) is 4.99. The molecule has 0 spiro atoms. The van der Waals surface area contributed by atoms with E-state index in [1.165, 1.54) is 10.7 Å². The number of hydrogen-bond acceptors (Lipinski definition) is 6. The first kappa shape index (κ1) is 12.0. The van der Waals surface area contributed by atoms with Gasteiger partial charge >= 0.3 is 5.69 Å². The lowest BCUT2D eigenvalue weighted by Crippen LogP contribution is -2.12. The fourth-order valence-electron chi connectivity index (χ4n) is 1.45. The van der Waals surface area contributed by atoms with Gasteiger partial charge in [0.2, 0.25) is 5.82 Å². The van der Waals surface area contributed by atoms with Crippen LogP contribution in [0.15, 0.2) is 18.2 Å². The molecule has 0 saturated carbocycles. The maximum atomic E-state index is 13.5. The Labute approximate surface area is 101 Å². The molecular weight excluding hydrogens is 243 g/mol. The quantitative estimate of drug-likeness (QED) is 0.625. The number of nitro groups is 1. The van der Waals surface area contributed by atoms with Crippen molar-refractivity contribution in [1.82, 2.24) is 25.5 Å². The summed E-state index contributed by atoms with van der Waals surface area (Å²) in [6.07, 6.45) is 0. The fraction of sp³-hybridized carbons (Fsp3) is 0.222. The van der Waals surface area contributed by atoms with E-state index in [1.54, 1.807) is 7.05 Å². The summed E-state index contributed by atoms with van der Waals surface area (Å²) >= 11 is 0. The second-order valence-electron chi connectivity index (χ2n) is 3.43. The second kappa shape index (κ2) is 4.84. The molecule has 0 aliphatic heterocycles. The van der Waals surface area contributed by atoms with Gasteiger partial charge in [-0.3, -0.25) is 10.1 Å². The van der Waals surface area contributed by atoms with Gasteiger partial charge in [0, 0.05) is 12.1 Å². The van der Waals surface area contributed by atoms with Gasteiger partial charge in [0.1, 0.15) is 0 Å². The Bertz CT molecular complexity index is 584. The monoisotopic (exact) mass is 252 g/mol. The van der Waals surface area contributed by atoms with Crippen LogP contribution in [0.1, 0.15) is 5.82 Å². The van der Waals surface area contributed by atoms with Crippen molar-refractivity contribution in [3.63, 3.8) is 0 Å². The summed E-state index contributed by atoms with van der Waals surface area (Å²) in [5, 5.41) is 24.3. The average Bonchev–Trinajstić information content (AvgIpc) is 2.77. The summed E-state index contributed by atoms with van der Waals surface area (Å²) in [6, 6.07) is 3.49. The Morgan fingerprint density at radius 2 is 2.33 bits per heavy atom. The summed E-state index contributed by atoms with van der Waals surface area (Å²) in [6.45, 7) is 0.394. The molecule has 0 aliphatic carbocycles. The number of nitrogens with zero attached hydrogens (tertiary/aromatic N) is 5. The van der Waals surface area contributed by atoms with Gasteiger partial charge in [0.05, 0.1) is 17.2 Å². The number of benzene rings is 1. The van der Waals surface area contributed by atoms with Crippen LogP contribution < -0.4 is 5.32 Å². The molecule has 0 atom stereocenters. The number of hydrogen-bond donors (Lipinski definition) is 1. The lowest BCUT2D eigenvalue weighted by atomic mass is 10.2. The summed E-state index contributed by atoms with van der Waals surface area (Å²) in [5.41, 5.74) is -0.254. The molecule has 1 aromatic carbocycles. The van der Waals surface area contributed by atoms with Crippen molar-refractivity contribution in [2.45, 2.75) is 6.54 Å². The predicted molar refractivity (Wildman–Crippen MR) is 58.5 cm³/mol. The third-order valence-corrected chi connectivity index (χ3v) is 2.24. The van der Waals surface area contributed by atoms with Crippen LogP contribution >= 0.6 is 0 Å². The smallest absolute Gasteiger partial charge is 0.304 e. The molecule has 0 saturated heterocycles. The van der Waals surface area contributed by atoms with E-state index >= 15 is 0 Å². The van der Waals surface area contributed by atoms with Crippen LogP contribution in [-0.2, 0) is 6.54 Å². The highest BCUT2D eigenvalue weighted by atomic mass is 19.1. The molecule has 1 aromatic heterocycles. The minimum Gasteiger partial charge on any atom is -0.313 e. The predicted octanol–water partition coefficient (Wildman–Crippen LogP) is 0.429. The molecule has 9 heteroatoms. The van der Waals surface area contributed by atoms with Crippen LogP contribution in [0.4, 0.5) is 10.1 Å². The van der Waals surface area contributed by atoms with Crippen molar-refractivity contribution in [3.05, 3.63) is 40.0 Å². The van der Waals surface area contributed by atoms with E-state index in [0.29, 0.717) is 18.1 Å². The van der Waals surface area contributed by atoms with E-state index in [1.807, 2.05) is 0 Å². The van der Waals surface area contributed by atoms with Crippen LogP contribution in [0.25, 0.3) is 5.69 Å². The zero-order valence-corrected chi connectivity index (χ0v) is 9.37. The van der Waals surface area contributed by atoms with Gasteiger partial charge in [-0.15, -0.1) is 5.10 Å². The van der Waals surface area contributed by atoms with Crippen molar-refractivity contribution in [2.24, 2.45) is 0 Å². The van der Waals surface area contributed by atoms with E-state index in [4.69, 9.17) is 0 Å². The molecule has 0 radical (unpaired) electrons. The van der Waals surface area contributed by atoms with Crippen LogP contribution in [0.5, 0.6) is 0 Å². The van der Waals surface area contributed by atoms with Crippen LogP contribution in [0, 0.1) is 15.9 Å². The third-order valence-electron chi connectivity index (χ3n) is 2.24. The Kier molecular flexibility index (Phi) is 3.24. The van der Waals surface area contributed by atoms with Crippen molar-refractivity contribution < 1.29 is 9.31 Å². The second-order valence-corrected chi connectivity index (χ2v) is 3.43. The third kappa shape index (κ3) is 2.15. The average molecular weight is 252 g/mol. The van der Waals surface area contributed by atoms with Crippen LogP contribution in [-0.4, -0.2) is 32.2 Å².